The molecule has 1 amide bonds. The Hall–Kier alpha value is -2.09. The molecule has 2 aliphatic rings. The first-order valence-electron chi connectivity index (χ1n) is 11.4. The summed E-state index contributed by atoms with van der Waals surface area (Å²) in [6, 6.07) is 8.37. The van der Waals surface area contributed by atoms with E-state index in [4.69, 9.17) is 32.7 Å². The number of hydrogen-bond acceptors (Lipinski definition) is 4. The molecule has 5 nitrogen and oxygen atoms in total. The van der Waals surface area contributed by atoms with Crippen molar-refractivity contribution in [3.63, 3.8) is 0 Å². The summed E-state index contributed by atoms with van der Waals surface area (Å²) in [6.07, 6.45) is 4.00. The van der Waals surface area contributed by atoms with Crippen molar-refractivity contribution in [3.05, 3.63) is 58.1 Å². The molecule has 0 aliphatic heterocycles. The number of halogens is 4. The second kappa shape index (κ2) is 10.7. The van der Waals surface area contributed by atoms with Crippen LogP contribution in [0.15, 0.2) is 36.4 Å². The van der Waals surface area contributed by atoms with Crippen LogP contribution in [0.3, 0.4) is 0 Å². The Morgan fingerprint density at radius 1 is 1.06 bits per heavy atom. The Labute approximate surface area is 207 Å². The number of aliphatic hydroxyl groups is 1. The van der Waals surface area contributed by atoms with E-state index in [1.807, 2.05) is 0 Å². The van der Waals surface area contributed by atoms with Crippen molar-refractivity contribution in [1.82, 2.24) is 5.32 Å². The molecule has 0 heterocycles. The maximum Gasteiger partial charge on any atom is 0.258 e. The number of hydrogen-bond donors (Lipinski definition) is 2. The van der Waals surface area contributed by atoms with Crippen LogP contribution in [0.5, 0.6) is 11.5 Å². The highest BCUT2D eigenvalue weighted by molar-refractivity contribution is 6.31. The van der Waals surface area contributed by atoms with E-state index in [-0.39, 0.29) is 34.2 Å². The van der Waals surface area contributed by atoms with Gasteiger partial charge in [-0.15, -0.1) is 0 Å². The summed E-state index contributed by atoms with van der Waals surface area (Å²) in [5, 5.41) is 13.9. The third-order valence-corrected chi connectivity index (χ3v) is 7.47. The van der Waals surface area contributed by atoms with Gasteiger partial charge in [0.05, 0.1) is 22.8 Å². The van der Waals surface area contributed by atoms with E-state index in [9.17, 15) is 18.7 Å². The average molecular weight is 514 g/mol. The topological polar surface area (TPSA) is 67.8 Å². The number of carbonyl (C=O) groups excluding carboxylic acids is 1. The highest BCUT2D eigenvalue weighted by Gasteiger charge is 2.50. The predicted molar refractivity (Wildman–Crippen MR) is 125 cm³/mol. The summed E-state index contributed by atoms with van der Waals surface area (Å²) in [6.45, 7) is 0.178. The zero-order valence-corrected chi connectivity index (χ0v) is 20.0. The molecule has 0 aromatic heterocycles. The van der Waals surface area contributed by atoms with Crippen LogP contribution in [-0.2, 0) is 4.79 Å². The van der Waals surface area contributed by atoms with Crippen molar-refractivity contribution in [3.8, 4) is 11.5 Å². The summed E-state index contributed by atoms with van der Waals surface area (Å²) >= 11 is 11.3. The third kappa shape index (κ3) is 5.93. The Kier molecular flexibility index (Phi) is 7.85. The normalized spacial score (nSPS) is 25.7. The Morgan fingerprint density at radius 2 is 1.71 bits per heavy atom. The first-order chi connectivity index (χ1) is 16.2. The Morgan fingerprint density at radius 3 is 2.35 bits per heavy atom. The van der Waals surface area contributed by atoms with Crippen LogP contribution < -0.4 is 14.8 Å². The maximum absolute atomic E-state index is 13.5. The van der Waals surface area contributed by atoms with Gasteiger partial charge in [0.2, 0.25) is 0 Å². The first kappa shape index (κ1) is 25.0. The van der Waals surface area contributed by atoms with Crippen LogP contribution in [-0.4, -0.2) is 35.9 Å². The third-order valence-electron chi connectivity index (χ3n) is 6.85. The predicted octanol–water partition coefficient (Wildman–Crippen LogP) is 5.55. The summed E-state index contributed by atoms with van der Waals surface area (Å²) in [5.74, 6) is -0.329. The fraction of sp³-hybridized carbons (Fsp3) is 0.480. The van der Waals surface area contributed by atoms with E-state index >= 15 is 0 Å². The highest BCUT2D eigenvalue weighted by Crippen LogP contribution is 2.49. The van der Waals surface area contributed by atoms with E-state index in [1.165, 1.54) is 24.3 Å². The van der Waals surface area contributed by atoms with E-state index in [0.29, 0.717) is 24.7 Å². The fourth-order valence-electron chi connectivity index (χ4n) is 5.30. The summed E-state index contributed by atoms with van der Waals surface area (Å²) < 4.78 is 38.1. The molecule has 2 fully saturated rings. The van der Waals surface area contributed by atoms with Gasteiger partial charge in [0.25, 0.3) is 5.91 Å². The van der Waals surface area contributed by atoms with Crippen molar-refractivity contribution < 1.29 is 28.2 Å². The standard InChI is InChI=1S/C25H27Cl2F2NO4/c26-19-5-3-16(10-21(19)28)33-9-1-2-18-15-7-8-25(12-15,13-23(18)31)30-24(32)14-34-17-4-6-20(27)22(29)11-17/h3-6,10-11,15,18,23,31H,1-2,7-9,12-14H2,(H,30,32)/t15-,18-,23-,25-/m1/s1. The van der Waals surface area contributed by atoms with E-state index in [1.54, 1.807) is 6.07 Å². The summed E-state index contributed by atoms with van der Waals surface area (Å²) in [4.78, 5) is 12.5. The van der Waals surface area contributed by atoms with Crippen molar-refractivity contribution >= 4 is 29.1 Å². The molecule has 34 heavy (non-hydrogen) atoms. The second-order valence-electron chi connectivity index (χ2n) is 9.20. The van der Waals surface area contributed by atoms with Crippen molar-refractivity contribution in [1.29, 1.82) is 0 Å². The molecule has 2 N–H and O–H groups in total. The van der Waals surface area contributed by atoms with Crippen LogP contribution in [0.2, 0.25) is 10.0 Å². The minimum atomic E-state index is -0.607. The molecular weight excluding hydrogens is 487 g/mol. The van der Waals surface area contributed by atoms with Gasteiger partial charge in [-0.2, -0.15) is 0 Å². The summed E-state index contributed by atoms with van der Waals surface area (Å²) in [5.41, 5.74) is -0.441. The van der Waals surface area contributed by atoms with Gasteiger partial charge in [-0.25, -0.2) is 8.78 Å². The van der Waals surface area contributed by atoms with Gasteiger partial charge in [-0.1, -0.05) is 23.2 Å². The van der Waals surface area contributed by atoms with Gasteiger partial charge in [0.1, 0.15) is 23.1 Å². The lowest BCUT2D eigenvalue weighted by atomic mass is 9.72. The molecule has 0 saturated heterocycles. The van der Waals surface area contributed by atoms with E-state index < -0.39 is 23.3 Å². The molecular formula is C25H27Cl2F2NO4. The molecule has 2 aromatic carbocycles. The molecule has 2 aliphatic carbocycles. The zero-order valence-electron chi connectivity index (χ0n) is 18.5. The number of ether oxygens (including phenoxy) is 2. The molecule has 4 atom stereocenters. The molecule has 184 valence electrons. The van der Waals surface area contributed by atoms with E-state index in [2.05, 4.69) is 5.32 Å². The van der Waals surface area contributed by atoms with Gasteiger partial charge in [-0.3, -0.25) is 4.79 Å². The van der Waals surface area contributed by atoms with Crippen LogP contribution in [0.4, 0.5) is 8.78 Å². The molecule has 0 unspecified atom stereocenters. The highest BCUT2D eigenvalue weighted by atomic mass is 35.5. The number of benzene rings is 2. The monoisotopic (exact) mass is 513 g/mol. The van der Waals surface area contributed by atoms with Crippen LogP contribution in [0, 0.1) is 23.5 Å². The van der Waals surface area contributed by atoms with Crippen LogP contribution in [0.1, 0.15) is 38.5 Å². The molecule has 2 saturated carbocycles. The van der Waals surface area contributed by atoms with Crippen LogP contribution >= 0.6 is 23.2 Å². The lowest BCUT2D eigenvalue weighted by Gasteiger charge is -2.41. The molecule has 0 radical (unpaired) electrons. The molecule has 0 spiro atoms. The zero-order chi connectivity index (χ0) is 24.3. The molecule has 2 aromatic rings. The minimum Gasteiger partial charge on any atom is -0.493 e. The van der Waals surface area contributed by atoms with Crippen molar-refractivity contribution in [2.45, 2.75) is 50.2 Å². The first-order valence-corrected chi connectivity index (χ1v) is 12.1. The number of aliphatic hydroxyl groups excluding tert-OH is 1. The largest absolute Gasteiger partial charge is 0.493 e. The average Bonchev–Trinajstić information content (AvgIpc) is 3.14. The Bertz CT molecular complexity index is 1040. The van der Waals surface area contributed by atoms with Gasteiger partial charge < -0.3 is 19.9 Å². The lowest BCUT2D eigenvalue weighted by molar-refractivity contribution is -0.126. The number of fused-ring (bicyclic) bond motifs is 2. The molecule has 2 bridgehead atoms. The lowest BCUT2D eigenvalue weighted by Crippen LogP contribution is -2.53. The molecule has 9 heteroatoms. The van der Waals surface area contributed by atoms with Gasteiger partial charge >= 0.3 is 0 Å². The number of rotatable bonds is 9. The number of nitrogens with one attached hydrogen (secondary N) is 1. The quantitative estimate of drug-likeness (QED) is 0.431. The van der Waals surface area contributed by atoms with Crippen molar-refractivity contribution in [2.24, 2.45) is 11.8 Å². The van der Waals surface area contributed by atoms with E-state index in [0.717, 1.165) is 38.2 Å². The van der Waals surface area contributed by atoms with Gasteiger partial charge in [-0.05, 0) is 74.6 Å². The second-order valence-corrected chi connectivity index (χ2v) is 10.0. The minimum absolute atomic E-state index is 0.0103. The van der Waals surface area contributed by atoms with Gasteiger partial charge in [0, 0.05) is 17.7 Å². The van der Waals surface area contributed by atoms with Gasteiger partial charge in [0.15, 0.2) is 6.61 Å². The Balaban J connectivity index is 1.23. The number of carbonyl (C=O) groups is 1. The smallest absolute Gasteiger partial charge is 0.258 e. The number of amides is 1. The molecule has 4 rings (SSSR count). The van der Waals surface area contributed by atoms with Crippen LogP contribution in [0.25, 0.3) is 0 Å². The van der Waals surface area contributed by atoms with Crippen molar-refractivity contribution in [2.75, 3.05) is 13.2 Å². The fourth-order valence-corrected chi connectivity index (χ4v) is 5.54. The SMILES string of the molecule is O=C(COc1ccc(Cl)c(F)c1)N[C@]12CC[C@H](C1)[C@@H](CCCOc1ccc(Cl)c(F)c1)[C@H](O)C2. The summed E-state index contributed by atoms with van der Waals surface area (Å²) in [7, 11) is 0. The maximum atomic E-state index is 13.5.